The first-order chi connectivity index (χ1) is 17.1. The molecule has 2 N–H and O–H groups in total. The summed E-state index contributed by atoms with van der Waals surface area (Å²) in [7, 11) is 3.22. The maximum atomic E-state index is 11.9. The summed E-state index contributed by atoms with van der Waals surface area (Å²) >= 11 is 0. The Morgan fingerprint density at radius 1 is 1.19 bits per heavy atom. The van der Waals surface area contributed by atoms with Gasteiger partial charge in [-0.2, -0.15) is 13.5 Å². The van der Waals surface area contributed by atoms with Gasteiger partial charge in [0.25, 0.3) is 5.91 Å². The number of benzene rings is 1. The molecule has 1 aliphatic rings. The van der Waals surface area contributed by atoms with E-state index in [2.05, 4.69) is 50.4 Å². The van der Waals surface area contributed by atoms with Crippen LogP contribution in [0.15, 0.2) is 55.1 Å². The van der Waals surface area contributed by atoms with Crippen molar-refractivity contribution in [3.05, 3.63) is 66.2 Å². The van der Waals surface area contributed by atoms with Crippen LogP contribution in [0.3, 0.4) is 0 Å². The first-order valence-electron chi connectivity index (χ1n) is 11.6. The molecular formula is C26H30N6O3S. The van der Waals surface area contributed by atoms with Gasteiger partial charge in [-0.15, -0.1) is 0 Å². The number of carbonyl (C=O) groups is 1. The fourth-order valence-electron chi connectivity index (χ4n) is 4.25. The van der Waals surface area contributed by atoms with Crippen molar-refractivity contribution in [3.8, 4) is 17.0 Å². The number of hydrogen-bond acceptors (Lipinski definition) is 7. The van der Waals surface area contributed by atoms with Gasteiger partial charge < -0.3 is 24.7 Å². The summed E-state index contributed by atoms with van der Waals surface area (Å²) in [6.07, 6.45) is 5.48. The van der Waals surface area contributed by atoms with E-state index in [-0.39, 0.29) is 25.3 Å². The standard InChI is InChI=1S/C26H28N6O3.H2S/c1-16(21-5-4-18(26(33)27-2)9-23(21)34-3)11-28-24-10-22(30-15-31-24)19-8-17-6-7-32(20-13-35-14-20)25(17)29-12-19;/h4-10,12,15-16,20H,11,13-14H2,1-3H3,(H,27,33)(H,28,30,31);1H2/t16-;/m1./s1. The fourth-order valence-corrected chi connectivity index (χ4v) is 4.25. The van der Waals surface area contributed by atoms with Crippen LogP contribution in [0.5, 0.6) is 5.75 Å². The second-order valence-corrected chi connectivity index (χ2v) is 8.66. The largest absolute Gasteiger partial charge is 0.496 e. The maximum Gasteiger partial charge on any atom is 0.251 e. The Morgan fingerprint density at radius 2 is 2.03 bits per heavy atom. The lowest BCUT2D eigenvalue weighted by molar-refractivity contribution is -0.0216. The minimum absolute atomic E-state index is 0. The number of ether oxygens (including phenoxy) is 2. The van der Waals surface area contributed by atoms with E-state index >= 15 is 0 Å². The van der Waals surface area contributed by atoms with E-state index in [1.165, 1.54) is 0 Å². The van der Waals surface area contributed by atoms with Gasteiger partial charge in [-0.25, -0.2) is 15.0 Å². The molecule has 1 aliphatic heterocycles. The zero-order valence-corrected chi connectivity index (χ0v) is 21.5. The molecule has 1 amide bonds. The SMILES string of the molecule is CNC(=O)c1ccc([C@H](C)CNc2cc(-c3cnc4c(ccn4C4COC4)c3)ncn2)c(OC)c1.S. The minimum Gasteiger partial charge on any atom is -0.496 e. The van der Waals surface area contributed by atoms with Crippen LogP contribution in [-0.4, -0.2) is 59.3 Å². The molecular weight excluding hydrogens is 476 g/mol. The molecule has 4 aromatic rings. The summed E-state index contributed by atoms with van der Waals surface area (Å²) in [4.78, 5) is 25.5. The number of anilines is 1. The van der Waals surface area contributed by atoms with E-state index in [4.69, 9.17) is 14.5 Å². The van der Waals surface area contributed by atoms with E-state index in [9.17, 15) is 4.79 Å². The molecule has 0 spiro atoms. The first-order valence-corrected chi connectivity index (χ1v) is 11.6. The highest BCUT2D eigenvalue weighted by Gasteiger charge is 2.22. The van der Waals surface area contributed by atoms with Crippen molar-refractivity contribution in [2.75, 3.05) is 39.2 Å². The highest BCUT2D eigenvalue weighted by Crippen LogP contribution is 2.29. The van der Waals surface area contributed by atoms with Crippen LogP contribution in [-0.2, 0) is 4.74 Å². The van der Waals surface area contributed by atoms with Crippen molar-refractivity contribution < 1.29 is 14.3 Å². The Balaban J connectivity index is 0.00000304. The Bertz CT molecular complexity index is 1370. The summed E-state index contributed by atoms with van der Waals surface area (Å²) in [5.74, 6) is 1.39. The zero-order valence-electron chi connectivity index (χ0n) is 20.5. The lowest BCUT2D eigenvalue weighted by Crippen LogP contribution is -2.30. The van der Waals surface area contributed by atoms with Crippen LogP contribution >= 0.6 is 13.5 Å². The molecule has 5 rings (SSSR count). The van der Waals surface area contributed by atoms with Crippen LogP contribution in [0, 0.1) is 0 Å². The third-order valence-corrected chi connectivity index (χ3v) is 6.37. The summed E-state index contributed by atoms with van der Waals surface area (Å²) in [6, 6.07) is 12.0. The lowest BCUT2D eigenvalue weighted by Gasteiger charge is -2.27. The average molecular weight is 507 g/mol. The summed E-state index contributed by atoms with van der Waals surface area (Å²) < 4.78 is 13.0. The quantitative estimate of drug-likeness (QED) is 0.375. The number of amides is 1. The first kappa shape index (κ1) is 25.5. The van der Waals surface area contributed by atoms with Gasteiger partial charge in [-0.1, -0.05) is 13.0 Å². The molecule has 9 nitrogen and oxygen atoms in total. The molecule has 1 aromatic carbocycles. The average Bonchev–Trinajstić information content (AvgIpc) is 3.28. The highest BCUT2D eigenvalue weighted by atomic mass is 32.1. The van der Waals surface area contributed by atoms with Gasteiger partial charge >= 0.3 is 0 Å². The molecule has 36 heavy (non-hydrogen) atoms. The summed E-state index contributed by atoms with van der Waals surface area (Å²) in [6.45, 7) is 4.20. The molecule has 1 saturated heterocycles. The normalized spacial score (nSPS) is 14.0. The number of fused-ring (bicyclic) bond motifs is 1. The second-order valence-electron chi connectivity index (χ2n) is 8.66. The number of carbonyl (C=O) groups excluding carboxylic acids is 1. The van der Waals surface area contributed by atoms with Crippen LogP contribution in [0.1, 0.15) is 34.8 Å². The maximum absolute atomic E-state index is 11.9. The molecule has 4 heterocycles. The van der Waals surface area contributed by atoms with E-state index in [1.807, 2.05) is 24.4 Å². The van der Waals surface area contributed by atoms with E-state index < -0.39 is 0 Å². The molecule has 1 atom stereocenters. The van der Waals surface area contributed by atoms with E-state index in [0.717, 1.165) is 46.9 Å². The lowest BCUT2D eigenvalue weighted by atomic mass is 9.98. The predicted octanol–water partition coefficient (Wildman–Crippen LogP) is 3.76. The van der Waals surface area contributed by atoms with E-state index in [1.54, 1.807) is 26.6 Å². The van der Waals surface area contributed by atoms with Crippen LogP contribution in [0.2, 0.25) is 0 Å². The number of aromatic nitrogens is 4. The Hall–Kier alpha value is -3.63. The van der Waals surface area contributed by atoms with Gasteiger partial charge in [0.1, 0.15) is 23.5 Å². The van der Waals surface area contributed by atoms with Gasteiger partial charge in [0.2, 0.25) is 0 Å². The van der Waals surface area contributed by atoms with Crippen molar-refractivity contribution in [3.63, 3.8) is 0 Å². The topological polar surface area (TPSA) is 103 Å². The van der Waals surface area contributed by atoms with Crippen LogP contribution < -0.4 is 15.4 Å². The number of nitrogens with one attached hydrogen (secondary N) is 2. The van der Waals surface area contributed by atoms with Gasteiger partial charge in [0.05, 0.1) is 32.1 Å². The third kappa shape index (κ3) is 5.00. The number of pyridine rings is 1. The Labute approximate surface area is 216 Å². The molecule has 0 unspecified atom stereocenters. The van der Waals surface area contributed by atoms with Crippen molar-refractivity contribution >= 4 is 36.3 Å². The molecule has 0 aliphatic carbocycles. The Morgan fingerprint density at radius 3 is 2.75 bits per heavy atom. The van der Waals surface area contributed by atoms with Gasteiger partial charge in [-0.3, -0.25) is 4.79 Å². The Kier molecular flexibility index (Phi) is 7.76. The number of hydrogen-bond donors (Lipinski definition) is 2. The smallest absolute Gasteiger partial charge is 0.251 e. The van der Waals surface area contributed by atoms with Crippen molar-refractivity contribution in [2.45, 2.75) is 18.9 Å². The number of rotatable bonds is 8. The summed E-state index contributed by atoms with van der Waals surface area (Å²) in [5, 5.41) is 7.11. The number of methoxy groups -OCH3 is 1. The molecule has 10 heteroatoms. The molecule has 188 valence electrons. The van der Waals surface area contributed by atoms with Crippen LogP contribution in [0.25, 0.3) is 22.3 Å². The van der Waals surface area contributed by atoms with Crippen molar-refractivity contribution in [1.29, 1.82) is 0 Å². The molecule has 0 radical (unpaired) electrons. The van der Waals surface area contributed by atoms with Crippen molar-refractivity contribution in [1.82, 2.24) is 24.8 Å². The predicted molar refractivity (Wildman–Crippen MR) is 144 cm³/mol. The minimum atomic E-state index is -0.143. The molecule has 0 bridgehead atoms. The van der Waals surface area contributed by atoms with Gasteiger partial charge in [0.15, 0.2) is 0 Å². The van der Waals surface area contributed by atoms with Gasteiger partial charge in [-0.05, 0) is 29.8 Å². The summed E-state index contributed by atoms with van der Waals surface area (Å²) in [5.41, 5.74) is 4.27. The van der Waals surface area contributed by atoms with Crippen molar-refractivity contribution in [2.24, 2.45) is 0 Å². The van der Waals surface area contributed by atoms with Gasteiger partial charge in [0, 0.05) is 54.5 Å². The zero-order chi connectivity index (χ0) is 24.4. The number of nitrogens with zero attached hydrogens (tertiary/aromatic N) is 4. The third-order valence-electron chi connectivity index (χ3n) is 6.37. The fraction of sp³-hybridized carbons (Fsp3) is 0.308. The molecule has 0 saturated carbocycles. The van der Waals surface area contributed by atoms with Crippen LogP contribution in [0.4, 0.5) is 5.82 Å². The molecule has 1 fully saturated rings. The highest BCUT2D eigenvalue weighted by molar-refractivity contribution is 7.59. The van der Waals surface area contributed by atoms with E-state index in [0.29, 0.717) is 23.9 Å². The molecule has 3 aromatic heterocycles. The monoisotopic (exact) mass is 506 g/mol. The second kappa shape index (κ2) is 11.0.